The Kier molecular flexibility index (Phi) is 5.69. The summed E-state index contributed by atoms with van der Waals surface area (Å²) in [7, 11) is 4.39. The van der Waals surface area contributed by atoms with E-state index >= 15 is 0 Å². The van der Waals surface area contributed by atoms with Gasteiger partial charge in [0.05, 0.1) is 0 Å². The average Bonchev–Trinajstić information content (AvgIpc) is 2.33. The predicted octanol–water partition coefficient (Wildman–Crippen LogP) is 0.878. The molecule has 2 aliphatic rings. The first-order valence-electron chi connectivity index (χ1n) is 8.34. The third-order valence-corrected chi connectivity index (χ3v) is 4.48. The van der Waals surface area contributed by atoms with Gasteiger partial charge in [-0.25, -0.2) is 4.79 Å². The lowest BCUT2D eigenvalue weighted by Crippen LogP contribution is -2.58. The highest BCUT2D eigenvalue weighted by molar-refractivity contribution is 5.68. The third-order valence-electron chi connectivity index (χ3n) is 4.48. The zero-order valence-electron chi connectivity index (χ0n) is 14.7. The van der Waals surface area contributed by atoms with Crippen LogP contribution >= 0.6 is 0 Å². The molecule has 1 saturated carbocycles. The van der Waals surface area contributed by atoms with E-state index in [4.69, 9.17) is 4.74 Å². The Morgan fingerprint density at radius 2 is 1.86 bits per heavy atom. The van der Waals surface area contributed by atoms with Crippen molar-refractivity contribution >= 4 is 6.09 Å². The molecule has 1 heterocycles. The second kappa shape index (κ2) is 7.15. The minimum Gasteiger partial charge on any atom is -0.444 e. The van der Waals surface area contributed by atoms with E-state index in [1.807, 2.05) is 20.8 Å². The van der Waals surface area contributed by atoms with E-state index in [9.17, 15) is 4.79 Å². The van der Waals surface area contributed by atoms with E-state index in [-0.39, 0.29) is 12.1 Å². The van der Waals surface area contributed by atoms with Crippen LogP contribution < -0.4 is 10.6 Å². The number of carbonyl (C=O) groups is 1. The van der Waals surface area contributed by atoms with Crippen LogP contribution in [0.2, 0.25) is 0 Å². The molecule has 2 N–H and O–H groups in total. The van der Waals surface area contributed by atoms with Crippen molar-refractivity contribution in [2.24, 2.45) is 0 Å². The summed E-state index contributed by atoms with van der Waals surface area (Å²) in [5.41, 5.74) is -0.428. The molecule has 2 rings (SSSR count). The van der Waals surface area contributed by atoms with Gasteiger partial charge in [-0.3, -0.25) is 4.90 Å². The fraction of sp³-hybridized carbons (Fsp3) is 0.938. The number of amides is 1. The molecule has 128 valence electrons. The van der Waals surface area contributed by atoms with Crippen LogP contribution in [-0.4, -0.2) is 79.9 Å². The zero-order chi connectivity index (χ0) is 16.3. The Hall–Kier alpha value is -0.850. The number of nitrogens with zero attached hydrogens (tertiary/aromatic N) is 2. The molecule has 1 aliphatic carbocycles. The molecule has 0 aromatic heterocycles. The molecule has 1 saturated heterocycles. The maximum atomic E-state index is 11.7. The van der Waals surface area contributed by atoms with Crippen molar-refractivity contribution in [3.8, 4) is 0 Å². The quantitative estimate of drug-likeness (QED) is 0.807. The first-order valence-corrected chi connectivity index (χ1v) is 8.34. The summed E-state index contributed by atoms with van der Waals surface area (Å²) < 4.78 is 5.28. The number of alkyl carbamates (subject to hydrolysis) is 1. The molecule has 0 aromatic rings. The van der Waals surface area contributed by atoms with Crippen LogP contribution in [0.1, 0.15) is 33.6 Å². The Morgan fingerprint density at radius 3 is 2.50 bits per heavy atom. The number of rotatable bonds is 4. The van der Waals surface area contributed by atoms with Gasteiger partial charge in [-0.05, 0) is 47.7 Å². The molecule has 0 spiro atoms. The first-order chi connectivity index (χ1) is 10.2. The third kappa shape index (κ3) is 5.41. The Bertz CT molecular complexity index is 377. The van der Waals surface area contributed by atoms with Crippen LogP contribution in [0, 0.1) is 0 Å². The monoisotopic (exact) mass is 312 g/mol. The van der Waals surface area contributed by atoms with Gasteiger partial charge in [0.25, 0.3) is 0 Å². The van der Waals surface area contributed by atoms with Crippen LogP contribution in [-0.2, 0) is 4.74 Å². The highest BCUT2D eigenvalue weighted by Gasteiger charge is 2.32. The summed E-state index contributed by atoms with van der Waals surface area (Å²) in [6.07, 6.45) is 1.68. The van der Waals surface area contributed by atoms with Gasteiger partial charge in [0, 0.05) is 44.3 Å². The van der Waals surface area contributed by atoms with Crippen molar-refractivity contribution in [1.82, 2.24) is 20.4 Å². The Balaban J connectivity index is 1.60. The fourth-order valence-electron chi connectivity index (χ4n) is 3.00. The number of ether oxygens (including phenoxy) is 1. The molecule has 2 fully saturated rings. The number of piperazine rings is 1. The van der Waals surface area contributed by atoms with Gasteiger partial charge in [0.15, 0.2) is 0 Å². The van der Waals surface area contributed by atoms with Crippen LogP contribution in [0.5, 0.6) is 0 Å². The van der Waals surface area contributed by atoms with Crippen LogP contribution in [0.4, 0.5) is 4.79 Å². The topological polar surface area (TPSA) is 56.8 Å². The van der Waals surface area contributed by atoms with Crippen LogP contribution in [0.25, 0.3) is 0 Å². The van der Waals surface area contributed by atoms with E-state index in [2.05, 4.69) is 34.5 Å². The first kappa shape index (κ1) is 17.5. The number of likely N-dealkylation sites (N-methyl/N-ethyl adjacent to an activating group) is 2. The van der Waals surface area contributed by atoms with Crippen molar-refractivity contribution in [3.05, 3.63) is 0 Å². The fourth-order valence-corrected chi connectivity index (χ4v) is 3.00. The molecule has 0 bridgehead atoms. The van der Waals surface area contributed by atoms with Gasteiger partial charge >= 0.3 is 6.09 Å². The molecule has 0 radical (unpaired) electrons. The Labute approximate surface area is 134 Å². The van der Waals surface area contributed by atoms with Gasteiger partial charge in [0.1, 0.15) is 5.60 Å². The van der Waals surface area contributed by atoms with E-state index in [1.165, 1.54) is 0 Å². The molecular weight excluding hydrogens is 280 g/mol. The van der Waals surface area contributed by atoms with Gasteiger partial charge in [0.2, 0.25) is 0 Å². The second-order valence-electron chi connectivity index (χ2n) is 7.82. The summed E-state index contributed by atoms with van der Waals surface area (Å²) >= 11 is 0. The smallest absolute Gasteiger partial charge is 0.407 e. The molecule has 0 aromatic carbocycles. The number of hydrogen-bond acceptors (Lipinski definition) is 5. The maximum Gasteiger partial charge on any atom is 0.407 e. The normalized spacial score (nSPS) is 30.7. The van der Waals surface area contributed by atoms with Crippen LogP contribution in [0.15, 0.2) is 0 Å². The zero-order valence-corrected chi connectivity index (χ0v) is 14.7. The van der Waals surface area contributed by atoms with Gasteiger partial charge < -0.3 is 20.3 Å². The van der Waals surface area contributed by atoms with Crippen molar-refractivity contribution in [2.45, 2.75) is 57.3 Å². The van der Waals surface area contributed by atoms with Crippen molar-refractivity contribution in [1.29, 1.82) is 0 Å². The maximum absolute atomic E-state index is 11.7. The highest BCUT2D eigenvalue weighted by Crippen LogP contribution is 2.21. The SMILES string of the molecule is CN1CCN(C)C(CNC2CC(NC(=O)OC(C)(C)C)C2)C1. The lowest BCUT2D eigenvalue weighted by atomic mass is 9.86. The summed E-state index contributed by atoms with van der Waals surface area (Å²) in [6.45, 7) is 10.1. The van der Waals surface area contributed by atoms with E-state index in [0.717, 1.165) is 39.0 Å². The predicted molar refractivity (Wildman–Crippen MR) is 88.1 cm³/mol. The molecule has 6 nitrogen and oxygen atoms in total. The highest BCUT2D eigenvalue weighted by atomic mass is 16.6. The molecule has 1 unspecified atom stereocenters. The summed E-state index contributed by atoms with van der Waals surface area (Å²) in [5, 5.41) is 6.57. The van der Waals surface area contributed by atoms with Gasteiger partial charge in [-0.1, -0.05) is 0 Å². The molecule has 1 amide bonds. The summed E-state index contributed by atoms with van der Waals surface area (Å²) in [4.78, 5) is 16.5. The van der Waals surface area contributed by atoms with Gasteiger partial charge in [-0.2, -0.15) is 0 Å². The van der Waals surface area contributed by atoms with Crippen molar-refractivity contribution in [2.75, 3.05) is 40.3 Å². The molecule has 1 atom stereocenters. The lowest BCUT2D eigenvalue weighted by molar-refractivity contribution is 0.0460. The Morgan fingerprint density at radius 1 is 1.18 bits per heavy atom. The minimum absolute atomic E-state index is 0.249. The molecule has 22 heavy (non-hydrogen) atoms. The average molecular weight is 312 g/mol. The molecule has 1 aliphatic heterocycles. The molecule has 6 heteroatoms. The van der Waals surface area contributed by atoms with E-state index in [1.54, 1.807) is 0 Å². The van der Waals surface area contributed by atoms with Crippen molar-refractivity contribution < 1.29 is 9.53 Å². The van der Waals surface area contributed by atoms with E-state index < -0.39 is 5.60 Å². The number of hydrogen-bond donors (Lipinski definition) is 2. The lowest BCUT2D eigenvalue weighted by Gasteiger charge is -2.41. The number of carbonyl (C=O) groups excluding carboxylic acids is 1. The largest absolute Gasteiger partial charge is 0.444 e. The number of nitrogens with one attached hydrogen (secondary N) is 2. The summed E-state index contributed by atoms with van der Waals surface area (Å²) in [5.74, 6) is 0. The van der Waals surface area contributed by atoms with Crippen molar-refractivity contribution in [3.63, 3.8) is 0 Å². The molecular formula is C16H32N4O2. The standard InChI is InChI=1S/C16H32N4O2/c1-16(2,3)22-15(21)18-13-8-12(9-13)17-10-14-11-19(4)6-7-20(14)5/h12-14,17H,6-11H2,1-5H3,(H,18,21). The summed E-state index contributed by atoms with van der Waals surface area (Å²) in [6, 6.07) is 1.34. The van der Waals surface area contributed by atoms with Crippen LogP contribution in [0.3, 0.4) is 0 Å². The van der Waals surface area contributed by atoms with Gasteiger partial charge in [-0.15, -0.1) is 0 Å². The minimum atomic E-state index is -0.428. The second-order valence-corrected chi connectivity index (χ2v) is 7.82. The van der Waals surface area contributed by atoms with E-state index in [0.29, 0.717) is 12.1 Å².